The van der Waals surface area contributed by atoms with Crippen molar-refractivity contribution >= 4 is 52.5 Å². The van der Waals surface area contributed by atoms with E-state index in [9.17, 15) is 14.4 Å². The summed E-state index contributed by atoms with van der Waals surface area (Å²) in [4.78, 5) is 45.2. The van der Waals surface area contributed by atoms with Crippen LogP contribution in [0.1, 0.15) is 48.8 Å². The molecule has 12 nitrogen and oxygen atoms in total. The number of nitrogens with zero attached hydrogens (tertiary/aromatic N) is 3. The van der Waals surface area contributed by atoms with Gasteiger partial charge in [-0.25, -0.2) is 4.98 Å². The van der Waals surface area contributed by atoms with Crippen LogP contribution in [0.15, 0.2) is 71.0 Å². The lowest BCUT2D eigenvalue weighted by Crippen LogP contribution is -2.29. The van der Waals surface area contributed by atoms with Gasteiger partial charge >= 0.3 is 0 Å². The number of benzene rings is 2. The molecule has 5 rings (SSSR count). The van der Waals surface area contributed by atoms with Crippen molar-refractivity contribution in [2.75, 3.05) is 34.8 Å². The number of carbonyl (C=O) groups is 3. The highest BCUT2D eigenvalue weighted by Gasteiger charge is 2.27. The second-order valence-electron chi connectivity index (χ2n) is 9.96. The highest BCUT2D eigenvalue weighted by molar-refractivity contribution is 6.54. The number of aromatic amines is 1. The maximum Gasteiger partial charge on any atom is 0.276 e. The summed E-state index contributed by atoms with van der Waals surface area (Å²) in [5.74, 6) is -0.297. The number of fused-ring (bicyclic) bond motifs is 1. The number of para-hydroxylation sites is 2. The van der Waals surface area contributed by atoms with E-state index in [2.05, 4.69) is 41.4 Å². The van der Waals surface area contributed by atoms with E-state index < -0.39 is 0 Å². The molecule has 0 atom stereocenters. The lowest BCUT2D eigenvalue weighted by atomic mass is 10.1. The number of rotatable bonds is 9. The molecule has 0 fully saturated rings. The second-order valence-corrected chi connectivity index (χ2v) is 9.96. The summed E-state index contributed by atoms with van der Waals surface area (Å²) in [6.45, 7) is 6.30. The lowest BCUT2D eigenvalue weighted by Gasteiger charge is -2.10. The molecule has 1 aliphatic heterocycles. The van der Waals surface area contributed by atoms with Crippen LogP contribution in [0.2, 0.25) is 0 Å². The van der Waals surface area contributed by atoms with Crippen LogP contribution in [-0.2, 0) is 4.79 Å². The van der Waals surface area contributed by atoms with Crippen molar-refractivity contribution < 1.29 is 14.4 Å². The molecule has 4 aromatic rings. The summed E-state index contributed by atoms with van der Waals surface area (Å²) >= 11 is 0. The van der Waals surface area contributed by atoms with Crippen LogP contribution >= 0.6 is 0 Å². The van der Waals surface area contributed by atoms with Crippen molar-refractivity contribution in [3.63, 3.8) is 0 Å². The molecule has 43 heavy (non-hydrogen) atoms. The van der Waals surface area contributed by atoms with Gasteiger partial charge in [0.2, 0.25) is 0 Å². The molecule has 12 heteroatoms. The molecular formula is C31H31N9O3. The Kier molecular flexibility index (Phi) is 8.28. The first-order valence-electron chi connectivity index (χ1n) is 13.6. The standard InChI is InChI=1S/C31H31N9O3/c1-17-7-6-10-23-26(17)28(31(43)39-23)40-36-16-24-18(2)27(19(3)37-24)30(42)34-14-13-33-25-12-11-20(15-35-25)29(41)38-22-9-5-4-8-21(22)32/h4-12,15-16,37H,13-14,32H2,1-3H3,(H,33,35)(H,34,42)(H,38,41)(H,39,40,43)/b36-16+. The minimum atomic E-state index is -0.317. The van der Waals surface area contributed by atoms with Gasteiger partial charge in [-0.3, -0.25) is 14.4 Å². The molecule has 0 unspecified atom stereocenters. The largest absolute Gasteiger partial charge is 0.397 e. The fraction of sp³-hybridized carbons (Fsp3) is 0.161. The molecule has 0 radical (unpaired) electrons. The van der Waals surface area contributed by atoms with Gasteiger partial charge in [0, 0.05) is 30.5 Å². The number of anilines is 4. The average molecular weight is 578 g/mol. The third-order valence-electron chi connectivity index (χ3n) is 6.97. The Morgan fingerprint density at radius 1 is 1.00 bits per heavy atom. The predicted molar refractivity (Wildman–Crippen MR) is 168 cm³/mol. The third kappa shape index (κ3) is 6.27. The Balaban J connectivity index is 1.14. The Morgan fingerprint density at radius 2 is 1.81 bits per heavy atom. The number of hydrogen-bond donors (Lipinski definition) is 6. The molecule has 3 amide bonds. The van der Waals surface area contributed by atoms with E-state index in [1.807, 2.05) is 32.0 Å². The summed E-state index contributed by atoms with van der Waals surface area (Å²) in [7, 11) is 0. The fourth-order valence-electron chi connectivity index (χ4n) is 4.76. The highest BCUT2D eigenvalue weighted by Crippen LogP contribution is 2.26. The van der Waals surface area contributed by atoms with Crippen LogP contribution in [0.25, 0.3) is 0 Å². The number of nitrogens with one attached hydrogen (secondary N) is 5. The van der Waals surface area contributed by atoms with E-state index >= 15 is 0 Å². The molecule has 0 aliphatic carbocycles. The Labute approximate surface area is 247 Å². The first-order valence-corrected chi connectivity index (χ1v) is 13.6. The molecule has 218 valence electrons. The molecule has 2 aromatic carbocycles. The maximum atomic E-state index is 13.0. The number of hydrogen-bond acceptors (Lipinski definition) is 8. The van der Waals surface area contributed by atoms with Gasteiger partial charge < -0.3 is 32.0 Å². The van der Waals surface area contributed by atoms with Gasteiger partial charge in [0.1, 0.15) is 5.82 Å². The van der Waals surface area contributed by atoms with Crippen molar-refractivity contribution in [2.24, 2.45) is 10.2 Å². The van der Waals surface area contributed by atoms with Crippen LogP contribution < -0.4 is 27.0 Å². The number of pyridine rings is 1. The van der Waals surface area contributed by atoms with Gasteiger partial charge in [-0.2, -0.15) is 5.10 Å². The number of H-pyrrole nitrogens is 1. The fourth-order valence-corrected chi connectivity index (χ4v) is 4.76. The molecule has 3 heterocycles. The smallest absolute Gasteiger partial charge is 0.276 e. The van der Waals surface area contributed by atoms with Crippen molar-refractivity contribution in [2.45, 2.75) is 20.8 Å². The normalized spacial score (nSPS) is 13.2. The first kappa shape index (κ1) is 28.7. The zero-order valence-electron chi connectivity index (χ0n) is 23.9. The van der Waals surface area contributed by atoms with Gasteiger partial charge in [0.05, 0.1) is 40.1 Å². The number of aryl methyl sites for hydroxylation is 2. The van der Waals surface area contributed by atoms with Gasteiger partial charge in [0.25, 0.3) is 17.7 Å². The van der Waals surface area contributed by atoms with E-state index in [1.54, 1.807) is 43.3 Å². The number of nitrogen functional groups attached to an aromatic ring is 1. The van der Waals surface area contributed by atoms with E-state index in [0.717, 1.165) is 11.1 Å². The zero-order valence-corrected chi connectivity index (χ0v) is 23.9. The maximum absolute atomic E-state index is 13.0. The molecule has 0 saturated heterocycles. The predicted octanol–water partition coefficient (Wildman–Crippen LogP) is 3.79. The molecule has 0 saturated carbocycles. The minimum absolute atomic E-state index is 0.237. The summed E-state index contributed by atoms with van der Waals surface area (Å²) in [5, 5.41) is 19.9. The number of nitrogens with two attached hydrogens (primary N) is 1. The molecule has 1 aliphatic rings. The van der Waals surface area contributed by atoms with Crippen molar-refractivity contribution in [3.8, 4) is 0 Å². The minimum Gasteiger partial charge on any atom is -0.397 e. The van der Waals surface area contributed by atoms with Gasteiger partial charge in [0.15, 0.2) is 5.71 Å². The van der Waals surface area contributed by atoms with Crippen molar-refractivity contribution in [1.82, 2.24) is 15.3 Å². The topological polar surface area (TPSA) is 179 Å². The van der Waals surface area contributed by atoms with Crippen LogP contribution in [-0.4, -0.2) is 52.7 Å². The summed E-state index contributed by atoms with van der Waals surface area (Å²) in [6, 6.07) is 16.0. The highest BCUT2D eigenvalue weighted by atomic mass is 16.2. The summed E-state index contributed by atoms with van der Waals surface area (Å²) in [5.41, 5.74) is 12.4. The van der Waals surface area contributed by atoms with Gasteiger partial charge in [-0.1, -0.05) is 24.3 Å². The Bertz CT molecular complexity index is 1770. The SMILES string of the molecule is Cc1cccc2c1/C(=N/N=C/c1[nH]c(C)c(C(=O)NCCNc3ccc(C(=O)Nc4ccccc4N)cn3)c1C)C(=O)N2. The van der Waals surface area contributed by atoms with E-state index in [-0.39, 0.29) is 23.4 Å². The Hall–Kier alpha value is -5.78. The first-order chi connectivity index (χ1) is 20.7. The summed E-state index contributed by atoms with van der Waals surface area (Å²) in [6.07, 6.45) is 2.97. The quantitative estimate of drug-likeness (QED) is 0.0762. The summed E-state index contributed by atoms with van der Waals surface area (Å²) < 4.78 is 0. The zero-order chi connectivity index (χ0) is 30.5. The third-order valence-corrected chi connectivity index (χ3v) is 6.97. The van der Waals surface area contributed by atoms with E-state index in [1.165, 1.54) is 12.4 Å². The molecule has 7 N–H and O–H groups in total. The van der Waals surface area contributed by atoms with Crippen LogP contribution in [0.5, 0.6) is 0 Å². The van der Waals surface area contributed by atoms with Gasteiger partial charge in [-0.15, -0.1) is 5.10 Å². The van der Waals surface area contributed by atoms with E-state index in [4.69, 9.17) is 5.73 Å². The van der Waals surface area contributed by atoms with Crippen LogP contribution in [0, 0.1) is 20.8 Å². The van der Waals surface area contributed by atoms with E-state index in [0.29, 0.717) is 64.0 Å². The lowest BCUT2D eigenvalue weighted by molar-refractivity contribution is -0.110. The molecule has 0 bridgehead atoms. The number of carbonyl (C=O) groups excluding carboxylic acids is 3. The van der Waals surface area contributed by atoms with Crippen molar-refractivity contribution in [1.29, 1.82) is 0 Å². The molecule has 0 spiro atoms. The average Bonchev–Trinajstić information content (AvgIpc) is 3.47. The van der Waals surface area contributed by atoms with Gasteiger partial charge in [-0.05, 0) is 62.2 Å². The van der Waals surface area contributed by atoms with Crippen LogP contribution in [0.4, 0.5) is 22.9 Å². The Morgan fingerprint density at radius 3 is 2.58 bits per heavy atom. The van der Waals surface area contributed by atoms with Crippen LogP contribution in [0.3, 0.4) is 0 Å². The number of amides is 3. The molecule has 2 aromatic heterocycles. The monoisotopic (exact) mass is 577 g/mol. The second kappa shape index (κ2) is 12.4. The van der Waals surface area contributed by atoms with Crippen molar-refractivity contribution in [3.05, 3.63) is 100.0 Å². The number of aromatic nitrogens is 2. The molecular weight excluding hydrogens is 546 g/mol.